The van der Waals surface area contributed by atoms with Gasteiger partial charge >= 0.3 is 0 Å². The SMILES string of the molecule is CCCCCC=CC(=O)C(O)(CC(=O)[O-])C[N+](C)(C)C. The lowest BCUT2D eigenvalue weighted by molar-refractivity contribution is -0.875. The van der Waals surface area contributed by atoms with Crippen LogP contribution in [-0.4, -0.2) is 54.6 Å². The molecule has 0 aromatic rings. The van der Waals surface area contributed by atoms with Crippen molar-refractivity contribution in [3.63, 3.8) is 0 Å². The van der Waals surface area contributed by atoms with Gasteiger partial charge in [-0.05, 0) is 18.9 Å². The van der Waals surface area contributed by atoms with Crippen LogP contribution in [0.5, 0.6) is 0 Å². The van der Waals surface area contributed by atoms with Crippen molar-refractivity contribution < 1.29 is 24.3 Å². The van der Waals surface area contributed by atoms with E-state index < -0.39 is 23.8 Å². The second kappa shape index (κ2) is 8.17. The average molecular weight is 285 g/mol. The zero-order valence-corrected chi connectivity index (χ0v) is 13.0. The molecule has 1 N–H and O–H groups in total. The molecule has 0 amide bonds. The number of nitrogens with zero attached hydrogens (tertiary/aromatic N) is 1. The van der Waals surface area contributed by atoms with Gasteiger partial charge in [-0.3, -0.25) is 4.79 Å². The fourth-order valence-corrected chi connectivity index (χ4v) is 2.10. The van der Waals surface area contributed by atoms with Crippen LogP contribution in [0.25, 0.3) is 0 Å². The highest BCUT2D eigenvalue weighted by Crippen LogP contribution is 2.16. The third-order valence-electron chi connectivity index (χ3n) is 2.87. The number of likely N-dealkylation sites (N-methyl/N-ethyl adjacent to an activating group) is 1. The Balaban J connectivity index is 4.76. The number of carbonyl (C=O) groups excluding carboxylic acids is 2. The van der Waals surface area contributed by atoms with Crippen LogP contribution in [0.4, 0.5) is 0 Å². The maximum absolute atomic E-state index is 12.1. The number of hydrogen-bond donors (Lipinski definition) is 1. The monoisotopic (exact) mass is 285 g/mol. The summed E-state index contributed by atoms with van der Waals surface area (Å²) in [6.45, 7) is 2.12. The minimum Gasteiger partial charge on any atom is -0.550 e. The van der Waals surface area contributed by atoms with Gasteiger partial charge in [0.05, 0.1) is 21.1 Å². The van der Waals surface area contributed by atoms with E-state index in [1.165, 1.54) is 6.08 Å². The Morgan fingerprint density at radius 2 is 1.85 bits per heavy atom. The van der Waals surface area contributed by atoms with Gasteiger partial charge in [-0.2, -0.15) is 0 Å². The van der Waals surface area contributed by atoms with Crippen LogP contribution in [0.1, 0.15) is 39.0 Å². The van der Waals surface area contributed by atoms with Crippen LogP contribution in [0, 0.1) is 0 Å². The summed E-state index contributed by atoms with van der Waals surface area (Å²) in [7, 11) is 5.37. The summed E-state index contributed by atoms with van der Waals surface area (Å²) in [6.07, 6.45) is 6.24. The van der Waals surface area contributed by atoms with Crippen LogP contribution in [-0.2, 0) is 9.59 Å². The third kappa shape index (κ3) is 8.07. The first-order valence-electron chi connectivity index (χ1n) is 7.04. The van der Waals surface area contributed by atoms with Crippen LogP contribution in [0.2, 0.25) is 0 Å². The molecule has 0 radical (unpaired) electrons. The highest BCUT2D eigenvalue weighted by molar-refractivity contribution is 5.99. The van der Waals surface area contributed by atoms with Gasteiger partial charge in [-0.25, -0.2) is 0 Å². The van der Waals surface area contributed by atoms with E-state index in [1.54, 1.807) is 27.2 Å². The van der Waals surface area contributed by atoms with E-state index >= 15 is 0 Å². The Morgan fingerprint density at radius 3 is 2.30 bits per heavy atom. The molecule has 5 nitrogen and oxygen atoms in total. The first-order valence-corrected chi connectivity index (χ1v) is 7.04. The lowest BCUT2D eigenvalue weighted by Gasteiger charge is -2.34. The van der Waals surface area contributed by atoms with Gasteiger partial charge < -0.3 is 19.5 Å². The zero-order valence-electron chi connectivity index (χ0n) is 13.0. The maximum atomic E-state index is 12.1. The van der Waals surface area contributed by atoms with Gasteiger partial charge in [0, 0.05) is 12.4 Å². The topological polar surface area (TPSA) is 77.4 Å². The van der Waals surface area contributed by atoms with E-state index in [1.807, 2.05) is 0 Å². The molecule has 0 aromatic carbocycles. The maximum Gasteiger partial charge on any atom is 0.193 e. The normalized spacial score (nSPS) is 15.2. The molecule has 0 aliphatic rings. The summed E-state index contributed by atoms with van der Waals surface area (Å²) in [6, 6.07) is 0. The van der Waals surface area contributed by atoms with Crippen LogP contribution < -0.4 is 5.11 Å². The lowest BCUT2D eigenvalue weighted by Crippen LogP contribution is -2.55. The third-order valence-corrected chi connectivity index (χ3v) is 2.87. The number of allylic oxidation sites excluding steroid dienone is 1. The van der Waals surface area contributed by atoms with Gasteiger partial charge in [0.15, 0.2) is 11.4 Å². The molecule has 1 atom stereocenters. The van der Waals surface area contributed by atoms with Gasteiger partial charge in [0.2, 0.25) is 0 Å². The molecule has 20 heavy (non-hydrogen) atoms. The van der Waals surface area contributed by atoms with Crippen molar-refractivity contribution in [2.24, 2.45) is 0 Å². The predicted octanol–water partition coefficient (Wildman–Crippen LogP) is 0.269. The number of aliphatic hydroxyl groups is 1. The van der Waals surface area contributed by atoms with Gasteiger partial charge in [-0.15, -0.1) is 0 Å². The van der Waals surface area contributed by atoms with Crippen molar-refractivity contribution in [1.82, 2.24) is 0 Å². The van der Waals surface area contributed by atoms with Gasteiger partial charge in [0.1, 0.15) is 6.54 Å². The van der Waals surface area contributed by atoms with Crippen molar-refractivity contribution >= 4 is 11.8 Å². The van der Waals surface area contributed by atoms with Gasteiger partial charge in [-0.1, -0.05) is 25.8 Å². The molecule has 0 saturated carbocycles. The van der Waals surface area contributed by atoms with E-state index in [-0.39, 0.29) is 6.54 Å². The fraction of sp³-hybridized carbons (Fsp3) is 0.733. The van der Waals surface area contributed by atoms with Crippen molar-refractivity contribution in [3.8, 4) is 0 Å². The number of hydrogen-bond acceptors (Lipinski definition) is 4. The molecule has 1 unspecified atom stereocenters. The minimum atomic E-state index is -1.90. The van der Waals surface area contributed by atoms with E-state index in [4.69, 9.17) is 0 Å². The van der Waals surface area contributed by atoms with E-state index in [9.17, 15) is 19.8 Å². The smallest absolute Gasteiger partial charge is 0.193 e. The number of carboxylic acids is 1. The number of carboxylic acid groups (broad SMARTS) is 1. The van der Waals surface area contributed by atoms with Gasteiger partial charge in [0.25, 0.3) is 0 Å². The number of carbonyl (C=O) groups is 2. The molecule has 0 bridgehead atoms. The fourth-order valence-electron chi connectivity index (χ4n) is 2.10. The number of aliphatic carboxylic acids is 1. The second-order valence-electron chi connectivity index (χ2n) is 6.29. The van der Waals surface area contributed by atoms with Crippen molar-refractivity contribution in [3.05, 3.63) is 12.2 Å². The first-order chi connectivity index (χ1) is 9.10. The Bertz CT molecular complexity index is 357. The van der Waals surface area contributed by atoms with E-state index in [0.29, 0.717) is 4.48 Å². The Hall–Kier alpha value is -1.20. The van der Waals surface area contributed by atoms with Crippen molar-refractivity contribution in [2.75, 3.05) is 27.7 Å². The second-order valence-corrected chi connectivity index (χ2v) is 6.29. The van der Waals surface area contributed by atoms with Crippen LogP contribution in [0.15, 0.2) is 12.2 Å². The molecule has 5 heteroatoms. The number of unbranched alkanes of at least 4 members (excludes halogenated alkanes) is 3. The standard InChI is InChI=1S/C15H27NO4/c1-5-6-7-8-9-10-13(17)15(20,11-14(18)19)12-16(2,3)4/h9-10,20H,5-8,11-12H2,1-4H3. The van der Waals surface area contributed by atoms with Crippen LogP contribution >= 0.6 is 0 Å². The molecule has 0 aliphatic heterocycles. The number of ketones is 1. The molecule has 0 rings (SSSR count). The highest BCUT2D eigenvalue weighted by Gasteiger charge is 2.39. The molecule has 0 fully saturated rings. The highest BCUT2D eigenvalue weighted by atomic mass is 16.4. The zero-order chi connectivity index (χ0) is 15.8. The minimum absolute atomic E-state index is 0.0269. The average Bonchev–Trinajstić information content (AvgIpc) is 2.24. The Labute approximate surface area is 121 Å². The molecular formula is C15H27NO4. The molecule has 0 aliphatic carbocycles. The number of rotatable bonds is 10. The van der Waals surface area contributed by atoms with Crippen LogP contribution in [0.3, 0.4) is 0 Å². The number of quaternary nitrogens is 1. The molecule has 0 saturated heterocycles. The first kappa shape index (κ1) is 18.8. The van der Waals surface area contributed by atoms with Crippen molar-refractivity contribution in [2.45, 2.75) is 44.6 Å². The lowest BCUT2D eigenvalue weighted by atomic mass is 9.92. The predicted molar refractivity (Wildman–Crippen MR) is 75.8 cm³/mol. The van der Waals surface area contributed by atoms with E-state index in [2.05, 4.69) is 6.92 Å². The largest absolute Gasteiger partial charge is 0.550 e. The summed E-state index contributed by atoms with van der Waals surface area (Å²) in [5.41, 5.74) is -1.90. The summed E-state index contributed by atoms with van der Waals surface area (Å²) in [5.74, 6) is -1.99. The summed E-state index contributed by atoms with van der Waals surface area (Å²) >= 11 is 0. The summed E-state index contributed by atoms with van der Waals surface area (Å²) in [4.78, 5) is 22.8. The molecule has 0 spiro atoms. The van der Waals surface area contributed by atoms with Crippen molar-refractivity contribution in [1.29, 1.82) is 0 Å². The molecule has 116 valence electrons. The summed E-state index contributed by atoms with van der Waals surface area (Å²) in [5, 5.41) is 21.1. The Kier molecular flexibility index (Phi) is 7.68. The molecule has 0 aromatic heterocycles. The molecular weight excluding hydrogens is 258 g/mol. The van der Waals surface area contributed by atoms with E-state index in [0.717, 1.165) is 25.7 Å². The summed E-state index contributed by atoms with van der Waals surface area (Å²) < 4.78 is 0.291. The molecule has 0 heterocycles. The quantitative estimate of drug-likeness (QED) is 0.355. The Morgan fingerprint density at radius 1 is 1.25 bits per heavy atom.